The molecule has 1 heterocycles. The fourth-order valence-corrected chi connectivity index (χ4v) is 2.19. The summed E-state index contributed by atoms with van der Waals surface area (Å²) in [4.78, 5) is 16.7. The number of hydrogen-bond acceptors (Lipinski definition) is 3. The SMILES string of the molecule is CCc1ccc(CC(=O)c2ccccc2CCN)nc1. The molecule has 1 aromatic heterocycles. The molecule has 1 aromatic carbocycles. The minimum Gasteiger partial charge on any atom is -0.330 e. The summed E-state index contributed by atoms with van der Waals surface area (Å²) < 4.78 is 0. The highest BCUT2D eigenvalue weighted by Crippen LogP contribution is 2.13. The Labute approximate surface area is 119 Å². The van der Waals surface area contributed by atoms with Crippen molar-refractivity contribution in [3.63, 3.8) is 0 Å². The second-order valence-electron chi connectivity index (χ2n) is 4.81. The predicted octanol–water partition coefficient (Wildman–Crippen LogP) is 2.57. The van der Waals surface area contributed by atoms with Gasteiger partial charge in [0.2, 0.25) is 0 Å². The molecule has 20 heavy (non-hydrogen) atoms. The highest BCUT2D eigenvalue weighted by Gasteiger charge is 2.11. The average molecular weight is 268 g/mol. The average Bonchev–Trinajstić information content (AvgIpc) is 2.49. The lowest BCUT2D eigenvalue weighted by atomic mass is 9.98. The van der Waals surface area contributed by atoms with Crippen LogP contribution in [0.1, 0.15) is 34.1 Å². The maximum Gasteiger partial charge on any atom is 0.169 e. The second-order valence-corrected chi connectivity index (χ2v) is 4.81. The molecular weight excluding hydrogens is 248 g/mol. The van der Waals surface area contributed by atoms with E-state index in [0.717, 1.165) is 29.7 Å². The van der Waals surface area contributed by atoms with Crippen LogP contribution in [0.4, 0.5) is 0 Å². The molecule has 0 radical (unpaired) electrons. The van der Waals surface area contributed by atoms with Crippen LogP contribution in [0.2, 0.25) is 0 Å². The van der Waals surface area contributed by atoms with Crippen molar-refractivity contribution in [2.45, 2.75) is 26.2 Å². The number of Topliss-reactive ketones (excluding diaryl/α,β-unsaturated/α-hetero) is 1. The van der Waals surface area contributed by atoms with E-state index in [0.29, 0.717) is 13.0 Å². The third-order valence-corrected chi connectivity index (χ3v) is 3.37. The summed E-state index contributed by atoms with van der Waals surface area (Å²) in [5, 5.41) is 0. The zero-order valence-corrected chi connectivity index (χ0v) is 11.8. The standard InChI is InChI=1S/C17H20N2O/c1-2-13-7-8-15(19-12-13)11-17(20)16-6-4-3-5-14(16)9-10-18/h3-8,12H,2,9-11,18H2,1H3. The number of carbonyl (C=O) groups is 1. The number of aryl methyl sites for hydroxylation is 1. The Morgan fingerprint density at radius 3 is 2.65 bits per heavy atom. The van der Waals surface area contributed by atoms with Crippen LogP contribution in [0.3, 0.4) is 0 Å². The van der Waals surface area contributed by atoms with Crippen LogP contribution in [0.5, 0.6) is 0 Å². The van der Waals surface area contributed by atoms with Gasteiger partial charge in [-0.1, -0.05) is 37.3 Å². The van der Waals surface area contributed by atoms with Gasteiger partial charge < -0.3 is 5.73 Å². The first kappa shape index (κ1) is 14.4. The molecule has 0 saturated heterocycles. The molecule has 2 N–H and O–H groups in total. The molecular formula is C17H20N2O. The predicted molar refractivity (Wildman–Crippen MR) is 80.8 cm³/mol. The van der Waals surface area contributed by atoms with Gasteiger partial charge in [0.25, 0.3) is 0 Å². The summed E-state index contributed by atoms with van der Waals surface area (Å²) in [5.41, 5.74) is 9.37. The Kier molecular flexibility index (Phi) is 5.02. The number of aromatic nitrogens is 1. The lowest BCUT2D eigenvalue weighted by molar-refractivity contribution is 0.0991. The second kappa shape index (κ2) is 6.96. The summed E-state index contributed by atoms with van der Waals surface area (Å²) in [6, 6.07) is 11.6. The van der Waals surface area contributed by atoms with Gasteiger partial charge in [0.15, 0.2) is 5.78 Å². The molecule has 0 saturated carbocycles. The van der Waals surface area contributed by atoms with Crippen molar-refractivity contribution < 1.29 is 4.79 Å². The normalized spacial score (nSPS) is 10.5. The third kappa shape index (κ3) is 3.52. The van der Waals surface area contributed by atoms with Gasteiger partial charge in [-0.25, -0.2) is 0 Å². The lowest BCUT2D eigenvalue weighted by Gasteiger charge is -2.07. The topological polar surface area (TPSA) is 56.0 Å². The smallest absolute Gasteiger partial charge is 0.169 e. The highest BCUT2D eigenvalue weighted by atomic mass is 16.1. The van der Waals surface area contributed by atoms with E-state index in [1.165, 1.54) is 5.56 Å². The maximum atomic E-state index is 12.4. The lowest BCUT2D eigenvalue weighted by Crippen LogP contribution is -2.11. The van der Waals surface area contributed by atoms with Crippen LogP contribution in [-0.2, 0) is 19.3 Å². The first-order valence-corrected chi connectivity index (χ1v) is 6.99. The summed E-state index contributed by atoms with van der Waals surface area (Å²) in [7, 11) is 0. The molecule has 2 aromatic rings. The molecule has 0 aliphatic carbocycles. The summed E-state index contributed by atoms with van der Waals surface area (Å²) in [6.07, 6.45) is 3.87. The first-order chi connectivity index (χ1) is 9.74. The van der Waals surface area contributed by atoms with Gasteiger partial charge >= 0.3 is 0 Å². The van der Waals surface area contributed by atoms with Crippen molar-refractivity contribution in [1.82, 2.24) is 4.98 Å². The number of nitrogens with zero attached hydrogens (tertiary/aromatic N) is 1. The molecule has 0 spiro atoms. The van der Waals surface area contributed by atoms with E-state index in [1.54, 1.807) is 0 Å². The van der Waals surface area contributed by atoms with Crippen molar-refractivity contribution in [2.24, 2.45) is 5.73 Å². The van der Waals surface area contributed by atoms with Crippen LogP contribution >= 0.6 is 0 Å². The Morgan fingerprint density at radius 1 is 1.20 bits per heavy atom. The summed E-state index contributed by atoms with van der Waals surface area (Å²) >= 11 is 0. The number of ketones is 1. The van der Waals surface area contributed by atoms with Gasteiger partial charge in [0.05, 0.1) is 6.42 Å². The van der Waals surface area contributed by atoms with Crippen molar-refractivity contribution in [3.8, 4) is 0 Å². The van der Waals surface area contributed by atoms with Crippen LogP contribution in [0.15, 0.2) is 42.6 Å². The minimum absolute atomic E-state index is 0.103. The Bertz CT molecular complexity index is 576. The van der Waals surface area contributed by atoms with Crippen molar-refractivity contribution in [1.29, 1.82) is 0 Å². The molecule has 0 fully saturated rings. The van der Waals surface area contributed by atoms with Gasteiger partial charge in [-0.3, -0.25) is 9.78 Å². The van der Waals surface area contributed by atoms with Crippen molar-refractivity contribution in [3.05, 3.63) is 65.0 Å². The van der Waals surface area contributed by atoms with E-state index in [2.05, 4.69) is 11.9 Å². The quantitative estimate of drug-likeness (QED) is 0.819. The largest absolute Gasteiger partial charge is 0.330 e. The summed E-state index contributed by atoms with van der Waals surface area (Å²) in [5.74, 6) is 0.103. The van der Waals surface area contributed by atoms with E-state index in [4.69, 9.17) is 5.73 Å². The molecule has 3 nitrogen and oxygen atoms in total. The van der Waals surface area contributed by atoms with Crippen LogP contribution < -0.4 is 5.73 Å². The van der Waals surface area contributed by atoms with Crippen LogP contribution in [0, 0.1) is 0 Å². The Hall–Kier alpha value is -2.00. The van der Waals surface area contributed by atoms with Gasteiger partial charge in [-0.15, -0.1) is 0 Å². The number of benzene rings is 1. The molecule has 3 heteroatoms. The maximum absolute atomic E-state index is 12.4. The fourth-order valence-electron chi connectivity index (χ4n) is 2.19. The zero-order chi connectivity index (χ0) is 14.4. The number of carbonyl (C=O) groups excluding carboxylic acids is 1. The van der Waals surface area contributed by atoms with Gasteiger partial charge in [0, 0.05) is 17.5 Å². The van der Waals surface area contributed by atoms with Crippen molar-refractivity contribution in [2.75, 3.05) is 6.54 Å². The number of nitrogens with two attached hydrogens (primary N) is 1. The van der Waals surface area contributed by atoms with E-state index >= 15 is 0 Å². The molecule has 0 unspecified atom stereocenters. The van der Waals surface area contributed by atoms with Crippen LogP contribution in [0.25, 0.3) is 0 Å². The van der Waals surface area contributed by atoms with E-state index < -0.39 is 0 Å². The van der Waals surface area contributed by atoms with Gasteiger partial charge in [0.1, 0.15) is 0 Å². The monoisotopic (exact) mass is 268 g/mol. The fraction of sp³-hybridized carbons (Fsp3) is 0.294. The van der Waals surface area contributed by atoms with Gasteiger partial charge in [-0.2, -0.15) is 0 Å². The molecule has 0 amide bonds. The Balaban J connectivity index is 2.15. The number of pyridine rings is 1. The number of hydrogen-bond donors (Lipinski definition) is 1. The third-order valence-electron chi connectivity index (χ3n) is 3.37. The molecule has 0 aliphatic rings. The molecule has 0 aliphatic heterocycles. The Morgan fingerprint density at radius 2 is 2.00 bits per heavy atom. The minimum atomic E-state index is 0.103. The first-order valence-electron chi connectivity index (χ1n) is 6.99. The van der Waals surface area contributed by atoms with Crippen LogP contribution in [-0.4, -0.2) is 17.3 Å². The molecule has 2 rings (SSSR count). The highest BCUT2D eigenvalue weighted by molar-refractivity contribution is 5.98. The molecule has 104 valence electrons. The van der Waals surface area contributed by atoms with E-state index in [1.807, 2.05) is 42.6 Å². The summed E-state index contributed by atoms with van der Waals surface area (Å²) in [6.45, 7) is 2.64. The molecule has 0 atom stereocenters. The van der Waals surface area contributed by atoms with E-state index in [-0.39, 0.29) is 5.78 Å². The molecule has 0 bridgehead atoms. The zero-order valence-electron chi connectivity index (χ0n) is 11.8. The van der Waals surface area contributed by atoms with Gasteiger partial charge in [-0.05, 0) is 36.6 Å². The number of rotatable bonds is 6. The van der Waals surface area contributed by atoms with Crippen molar-refractivity contribution >= 4 is 5.78 Å². The van der Waals surface area contributed by atoms with E-state index in [9.17, 15) is 4.79 Å².